The molecular weight excluding hydrogens is 336 g/mol. The van der Waals surface area contributed by atoms with Crippen LogP contribution in [0.1, 0.15) is 74.1 Å². The Morgan fingerprint density at radius 2 is 1.96 bits per heavy atom. The fraction of sp³-hybridized carbons (Fsp3) is 0.500. The number of amides is 1. The molecule has 2 aromatic rings. The number of hydrogen-bond acceptors (Lipinski definition) is 4. The van der Waals surface area contributed by atoms with E-state index >= 15 is 0 Å². The number of hydrogen-bond donors (Lipinski definition) is 1. The molecule has 1 aliphatic rings. The lowest BCUT2D eigenvalue weighted by Gasteiger charge is -2.35. The zero-order valence-corrected chi connectivity index (χ0v) is 16.8. The molecule has 0 radical (unpaired) electrons. The van der Waals surface area contributed by atoms with Gasteiger partial charge in [0.25, 0.3) is 5.91 Å². The Bertz CT molecular complexity index is 785. The maximum Gasteiger partial charge on any atom is 0.272 e. The Balaban J connectivity index is 1.80. The molecule has 1 fully saturated rings. The van der Waals surface area contributed by atoms with Crippen molar-refractivity contribution >= 4 is 17.5 Å². The molecule has 1 amide bonds. The van der Waals surface area contributed by atoms with Crippen molar-refractivity contribution in [3.8, 4) is 0 Å². The summed E-state index contributed by atoms with van der Waals surface area (Å²) in [6, 6.07) is 10.4. The summed E-state index contributed by atoms with van der Waals surface area (Å²) >= 11 is 0. The summed E-state index contributed by atoms with van der Waals surface area (Å²) in [4.78, 5) is 24.0. The molecule has 0 saturated carbocycles. The van der Waals surface area contributed by atoms with Crippen molar-refractivity contribution in [2.75, 3.05) is 11.9 Å². The predicted molar refractivity (Wildman–Crippen MR) is 110 cm³/mol. The standard InChI is InChI=1S/C22H30N4O/c1-5-19-8-6-7-13-26(19)21(27)20-14-16(4)23-22(25-20)24-18-11-9-17(10-12-18)15(2)3/h9-12,14-15,19H,5-8,13H2,1-4H3,(H,23,24,25). The third-order valence-corrected chi connectivity index (χ3v) is 5.27. The van der Waals surface area contributed by atoms with E-state index in [0.29, 0.717) is 23.6 Å². The number of nitrogens with one attached hydrogen (secondary N) is 1. The first-order valence-electron chi connectivity index (χ1n) is 10.0. The number of likely N-dealkylation sites (tertiary alicyclic amines) is 1. The number of nitrogens with zero attached hydrogens (tertiary/aromatic N) is 3. The number of carbonyl (C=O) groups excluding carboxylic acids is 1. The smallest absolute Gasteiger partial charge is 0.272 e. The lowest BCUT2D eigenvalue weighted by Crippen LogP contribution is -2.43. The third kappa shape index (κ3) is 4.65. The quantitative estimate of drug-likeness (QED) is 0.804. The number of benzene rings is 1. The van der Waals surface area contributed by atoms with Gasteiger partial charge in [0, 0.05) is 24.0 Å². The SMILES string of the molecule is CCC1CCCCN1C(=O)c1cc(C)nc(Nc2ccc(C(C)C)cc2)n1. The monoisotopic (exact) mass is 366 g/mol. The van der Waals surface area contributed by atoms with E-state index in [1.54, 1.807) is 6.07 Å². The molecular formula is C22H30N4O. The molecule has 1 aromatic heterocycles. The highest BCUT2D eigenvalue weighted by Gasteiger charge is 2.27. The fourth-order valence-electron chi connectivity index (χ4n) is 3.65. The largest absolute Gasteiger partial charge is 0.334 e. The highest BCUT2D eigenvalue weighted by atomic mass is 16.2. The van der Waals surface area contributed by atoms with Crippen molar-refractivity contribution in [2.24, 2.45) is 0 Å². The number of aryl methyl sites for hydroxylation is 1. The van der Waals surface area contributed by atoms with E-state index in [4.69, 9.17) is 0 Å². The van der Waals surface area contributed by atoms with Gasteiger partial charge in [-0.05, 0) is 62.3 Å². The van der Waals surface area contributed by atoms with Crippen molar-refractivity contribution in [1.29, 1.82) is 0 Å². The van der Waals surface area contributed by atoms with E-state index in [1.807, 2.05) is 24.0 Å². The number of carbonyl (C=O) groups is 1. The van der Waals surface area contributed by atoms with Crippen molar-refractivity contribution in [2.45, 2.75) is 65.3 Å². The van der Waals surface area contributed by atoms with Gasteiger partial charge in [0.15, 0.2) is 0 Å². The summed E-state index contributed by atoms with van der Waals surface area (Å²) in [6.07, 6.45) is 4.34. The van der Waals surface area contributed by atoms with Gasteiger partial charge >= 0.3 is 0 Å². The molecule has 144 valence electrons. The van der Waals surface area contributed by atoms with Gasteiger partial charge in [-0.25, -0.2) is 9.97 Å². The zero-order valence-electron chi connectivity index (χ0n) is 16.8. The van der Waals surface area contributed by atoms with Crippen LogP contribution in [0.3, 0.4) is 0 Å². The van der Waals surface area contributed by atoms with E-state index in [0.717, 1.165) is 37.2 Å². The molecule has 1 aromatic carbocycles. The van der Waals surface area contributed by atoms with Crippen LogP contribution in [0.4, 0.5) is 11.6 Å². The summed E-state index contributed by atoms with van der Waals surface area (Å²) < 4.78 is 0. The molecule has 1 N–H and O–H groups in total. The molecule has 0 bridgehead atoms. The summed E-state index contributed by atoms with van der Waals surface area (Å²) in [7, 11) is 0. The van der Waals surface area contributed by atoms with Crippen LogP contribution in [0, 0.1) is 6.92 Å². The second-order valence-corrected chi connectivity index (χ2v) is 7.68. The van der Waals surface area contributed by atoms with Crippen LogP contribution in [-0.4, -0.2) is 33.4 Å². The normalized spacial score (nSPS) is 17.2. The average Bonchev–Trinajstić information content (AvgIpc) is 2.67. The molecule has 2 heterocycles. The molecule has 27 heavy (non-hydrogen) atoms. The van der Waals surface area contributed by atoms with Gasteiger partial charge < -0.3 is 10.2 Å². The Morgan fingerprint density at radius 3 is 2.63 bits per heavy atom. The summed E-state index contributed by atoms with van der Waals surface area (Å²) in [6.45, 7) is 9.22. The summed E-state index contributed by atoms with van der Waals surface area (Å²) in [5.74, 6) is 0.987. The Labute approximate surface area is 162 Å². The highest BCUT2D eigenvalue weighted by molar-refractivity contribution is 5.93. The van der Waals surface area contributed by atoms with Crippen LogP contribution >= 0.6 is 0 Å². The van der Waals surface area contributed by atoms with Gasteiger partial charge in [0.05, 0.1) is 0 Å². The van der Waals surface area contributed by atoms with E-state index in [1.165, 1.54) is 12.0 Å². The Kier molecular flexibility index (Phi) is 6.09. The molecule has 5 heteroatoms. The third-order valence-electron chi connectivity index (χ3n) is 5.27. The summed E-state index contributed by atoms with van der Waals surface area (Å²) in [5, 5.41) is 3.24. The van der Waals surface area contributed by atoms with Crippen LogP contribution in [0.2, 0.25) is 0 Å². The first kappa shape index (κ1) is 19.3. The molecule has 1 saturated heterocycles. The van der Waals surface area contributed by atoms with Gasteiger partial charge in [-0.15, -0.1) is 0 Å². The molecule has 3 rings (SSSR count). The minimum absolute atomic E-state index is 0.0188. The highest BCUT2D eigenvalue weighted by Crippen LogP contribution is 2.23. The first-order valence-corrected chi connectivity index (χ1v) is 10.0. The van der Waals surface area contributed by atoms with Crippen LogP contribution in [0.15, 0.2) is 30.3 Å². The predicted octanol–water partition coefficient (Wildman–Crippen LogP) is 5.06. The maximum absolute atomic E-state index is 13.1. The molecule has 0 spiro atoms. The van der Waals surface area contributed by atoms with Crippen molar-refractivity contribution in [1.82, 2.24) is 14.9 Å². The van der Waals surface area contributed by atoms with Gasteiger partial charge in [0.1, 0.15) is 5.69 Å². The summed E-state index contributed by atoms with van der Waals surface area (Å²) in [5.41, 5.74) is 3.48. The van der Waals surface area contributed by atoms with Gasteiger partial charge in [-0.3, -0.25) is 4.79 Å². The minimum Gasteiger partial charge on any atom is -0.334 e. The first-order chi connectivity index (χ1) is 13.0. The van der Waals surface area contributed by atoms with Crippen molar-refractivity contribution in [3.63, 3.8) is 0 Å². The van der Waals surface area contributed by atoms with E-state index < -0.39 is 0 Å². The van der Waals surface area contributed by atoms with Crippen molar-refractivity contribution < 1.29 is 4.79 Å². The van der Waals surface area contributed by atoms with Crippen LogP contribution in [0.5, 0.6) is 0 Å². The van der Waals surface area contributed by atoms with E-state index in [9.17, 15) is 4.79 Å². The average molecular weight is 367 g/mol. The Hall–Kier alpha value is -2.43. The number of piperidine rings is 1. The molecule has 1 aliphatic heterocycles. The Morgan fingerprint density at radius 1 is 1.22 bits per heavy atom. The lowest BCUT2D eigenvalue weighted by atomic mass is 9.99. The molecule has 5 nitrogen and oxygen atoms in total. The number of rotatable bonds is 5. The van der Waals surface area contributed by atoms with E-state index in [-0.39, 0.29) is 5.91 Å². The van der Waals surface area contributed by atoms with Gasteiger partial charge in [-0.2, -0.15) is 0 Å². The maximum atomic E-state index is 13.1. The lowest BCUT2D eigenvalue weighted by molar-refractivity contribution is 0.0602. The van der Waals surface area contributed by atoms with Crippen LogP contribution in [-0.2, 0) is 0 Å². The fourth-order valence-corrected chi connectivity index (χ4v) is 3.65. The van der Waals surface area contributed by atoms with Gasteiger partial charge in [0.2, 0.25) is 5.95 Å². The zero-order chi connectivity index (χ0) is 19.4. The van der Waals surface area contributed by atoms with Crippen molar-refractivity contribution in [3.05, 3.63) is 47.3 Å². The van der Waals surface area contributed by atoms with Crippen LogP contribution < -0.4 is 5.32 Å². The molecule has 0 aliphatic carbocycles. The van der Waals surface area contributed by atoms with Crippen LogP contribution in [0.25, 0.3) is 0 Å². The second kappa shape index (κ2) is 8.51. The second-order valence-electron chi connectivity index (χ2n) is 7.68. The molecule has 1 unspecified atom stereocenters. The number of aromatic nitrogens is 2. The minimum atomic E-state index is 0.0188. The number of anilines is 2. The topological polar surface area (TPSA) is 58.1 Å². The molecule has 1 atom stereocenters. The van der Waals surface area contributed by atoms with E-state index in [2.05, 4.69) is 48.2 Å². The van der Waals surface area contributed by atoms with Gasteiger partial charge in [-0.1, -0.05) is 32.9 Å².